The lowest BCUT2D eigenvalue weighted by molar-refractivity contribution is -0.140. The topological polar surface area (TPSA) is 183 Å². The molecule has 0 radical (unpaired) electrons. The maximum atomic E-state index is 13.2. The van der Waals surface area contributed by atoms with Crippen molar-refractivity contribution in [2.45, 2.75) is 78.2 Å². The normalized spacial score (nSPS) is 11.8. The Bertz CT molecular complexity index is 716. The lowest BCUT2D eigenvalue weighted by atomic mass is 10.3. The van der Waals surface area contributed by atoms with E-state index in [-0.39, 0.29) is 26.4 Å². The number of hydrogen-bond donors (Lipinski definition) is 3. The molecule has 0 saturated carbocycles. The highest BCUT2D eigenvalue weighted by molar-refractivity contribution is 7.52. The van der Waals surface area contributed by atoms with Crippen LogP contribution in [0.3, 0.4) is 0 Å². The lowest BCUT2D eigenvalue weighted by Gasteiger charge is -2.27. The van der Waals surface area contributed by atoms with Crippen molar-refractivity contribution in [2.24, 2.45) is 0 Å². The minimum atomic E-state index is -4.05. The van der Waals surface area contributed by atoms with Crippen LogP contribution in [0.2, 0.25) is 0 Å². The molecule has 0 aromatic rings. The molecule has 0 aromatic heterocycles. The molecule has 0 aliphatic heterocycles. The van der Waals surface area contributed by atoms with Crippen molar-refractivity contribution in [3.63, 3.8) is 0 Å². The molecule has 1 unspecified atom stereocenters. The molecule has 15 heteroatoms. The predicted octanol–water partition coefficient (Wildman–Crippen LogP) is 4.52. The zero-order chi connectivity index (χ0) is 28.8. The molecule has 0 heterocycles. The Kier molecular flexibility index (Phi) is 19.9. The number of rotatable bonds is 21. The van der Waals surface area contributed by atoms with Gasteiger partial charge in [0.1, 0.15) is 6.04 Å². The number of ether oxygens (including phenoxy) is 4. The fraction of sp³-hybridized carbons (Fsp3) is 0.826. The minimum Gasteiger partial charge on any atom is -0.480 e. The molecule has 0 bridgehead atoms. The van der Waals surface area contributed by atoms with Gasteiger partial charge in [0.05, 0.1) is 39.6 Å². The van der Waals surface area contributed by atoms with E-state index in [4.69, 9.17) is 38.5 Å². The highest BCUT2D eigenvalue weighted by Crippen LogP contribution is 2.44. The van der Waals surface area contributed by atoms with Crippen LogP contribution in [-0.2, 0) is 37.4 Å². The summed E-state index contributed by atoms with van der Waals surface area (Å²) in [7, 11) is -2.69. The summed E-state index contributed by atoms with van der Waals surface area (Å²) < 4.78 is 43.7. The minimum absolute atomic E-state index is 0.0449. The number of carbonyl (C=O) groups is 3. The zero-order valence-corrected chi connectivity index (χ0v) is 23.8. The summed E-state index contributed by atoms with van der Waals surface area (Å²) in [6.45, 7) is 5.98. The van der Waals surface area contributed by atoms with Crippen LogP contribution in [0.4, 0.5) is 9.59 Å². The van der Waals surface area contributed by atoms with Gasteiger partial charge in [-0.2, -0.15) is 0 Å². The summed E-state index contributed by atoms with van der Waals surface area (Å²) in [6.07, 6.45) is 3.31. The molecule has 14 nitrogen and oxygen atoms in total. The average molecular weight is 570 g/mol. The molecule has 1 atom stereocenters. The van der Waals surface area contributed by atoms with Gasteiger partial charge in [0.2, 0.25) is 5.96 Å². The second kappa shape index (κ2) is 21.4. The first-order valence-electron chi connectivity index (χ1n) is 12.9. The van der Waals surface area contributed by atoms with E-state index in [2.05, 4.69) is 5.09 Å². The van der Waals surface area contributed by atoms with Gasteiger partial charge >= 0.3 is 26.0 Å². The Morgan fingerprint density at radius 1 is 0.789 bits per heavy atom. The number of hydrogen-bond acceptors (Lipinski definition) is 11. The lowest BCUT2D eigenvalue weighted by Crippen LogP contribution is -2.45. The molecule has 0 rings (SSSR count). The van der Waals surface area contributed by atoms with Crippen molar-refractivity contribution >= 4 is 32.0 Å². The van der Waals surface area contributed by atoms with Gasteiger partial charge in [0.15, 0.2) is 0 Å². The number of nitrogens with zero attached hydrogens (tertiary/aromatic N) is 1. The van der Waals surface area contributed by atoms with E-state index >= 15 is 0 Å². The number of guanidine groups is 1. The number of carboxylic acid groups (broad SMARTS) is 1. The maximum absolute atomic E-state index is 13.2. The number of carboxylic acids is 1. The standard InChI is InChI=1S/C23H44N3O11P/c1-5-7-13-32-22(29)34-15-9-11-17-36-38(31,25-21(24)26(4)19(3)20(27)28)37-18-12-10-16-35-23(30)33-14-8-6-2/h19H,5-18H2,1-4H3,(H,27,28)(H2,24,25,31). The first-order valence-corrected chi connectivity index (χ1v) is 14.4. The van der Waals surface area contributed by atoms with Crippen molar-refractivity contribution in [3.05, 3.63) is 0 Å². The SMILES string of the molecule is CCCCOC(=O)OCCCCOP(=O)(NC(=N)N(C)C(C)C(=O)O)OCCCCOC(=O)OCCCC. The van der Waals surface area contributed by atoms with E-state index < -0.39 is 38.0 Å². The van der Waals surface area contributed by atoms with E-state index in [1.54, 1.807) is 0 Å². The Hall–Kier alpha value is -2.57. The molecule has 0 aliphatic rings. The van der Waals surface area contributed by atoms with Crippen LogP contribution in [0, 0.1) is 5.41 Å². The van der Waals surface area contributed by atoms with Crippen LogP contribution < -0.4 is 5.09 Å². The third kappa shape index (κ3) is 17.8. The maximum Gasteiger partial charge on any atom is 0.508 e. The molecule has 0 saturated heterocycles. The summed E-state index contributed by atoms with van der Waals surface area (Å²) in [5, 5.41) is 19.6. The third-order valence-corrected chi connectivity index (χ3v) is 6.54. The van der Waals surface area contributed by atoms with Gasteiger partial charge in [-0.05, 0) is 45.4 Å². The smallest absolute Gasteiger partial charge is 0.480 e. The van der Waals surface area contributed by atoms with Crippen molar-refractivity contribution < 1.29 is 52.1 Å². The van der Waals surface area contributed by atoms with E-state index in [1.807, 2.05) is 13.8 Å². The first kappa shape index (κ1) is 35.4. The molecule has 0 aromatic carbocycles. The van der Waals surface area contributed by atoms with E-state index in [0.717, 1.165) is 30.6 Å². The Balaban J connectivity index is 4.61. The summed E-state index contributed by atoms with van der Waals surface area (Å²) in [4.78, 5) is 35.1. The summed E-state index contributed by atoms with van der Waals surface area (Å²) in [5.74, 6) is -1.63. The molecular weight excluding hydrogens is 525 g/mol. The first-order chi connectivity index (χ1) is 18.1. The van der Waals surface area contributed by atoms with Gasteiger partial charge in [-0.25, -0.2) is 18.9 Å². The molecule has 0 amide bonds. The molecule has 3 N–H and O–H groups in total. The van der Waals surface area contributed by atoms with Crippen LogP contribution in [0.5, 0.6) is 0 Å². The second-order valence-electron chi connectivity index (χ2n) is 8.26. The van der Waals surface area contributed by atoms with E-state index in [1.165, 1.54) is 14.0 Å². The molecule has 0 aliphatic carbocycles. The number of likely N-dealkylation sites (N-methyl/N-ethyl adjacent to an activating group) is 1. The highest BCUT2D eigenvalue weighted by Gasteiger charge is 2.30. The van der Waals surface area contributed by atoms with Gasteiger partial charge in [0.25, 0.3) is 0 Å². The van der Waals surface area contributed by atoms with Crippen molar-refractivity contribution in [1.82, 2.24) is 9.99 Å². The van der Waals surface area contributed by atoms with Gasteiger partial charge in [0, 0.05) is 7.05 Å². The fourth-order valence-corrected chi connectivity index (χ4v) is 3.80. The van der Waals surface area contributed by atoms with Gasteiger partial charge < -0.3 is 29.0 Å². The molecule has 0 spiro atoms. The average Bonchev–Trinajstić information content (AvgIpc) is 2.87. The van der Waals surface area contributed by atoms with E-state index in [9.17, 15) is 18.9 Å². The molecular formula is C23H44N3O11P. The Morgan fingerprint density at radius 3 is 1.53 bits per heavy atom. The summed E-state index contributed by atoms with van der Waals surface area (Å²) >= 11 is 0. The molecule has 38 heavy (non-hydrogen) atoms. The number of unbranched alkanes of at least 4 members (excludes halogenated alkanes) is 4. The van der Waals surface area contributed by atoms with Crippen molar-refractivity contribution in [3.8, 4) is 0 Å². The largest absolute Gasteiger partial charge is 0.508 e. The number of carbonyl (C=O) groups excluding carboxylic acids is 2. The number of aliphatic carboxylic acids is 1. The van der Waals surface area contributed by atoms with Crippen LogP contribution in [0.1, 0.15) is 72.1 Å². The Morgan fingerprint density at radius 2 is 1.16 bits per heavy atom. The number of nitrogens with one attached hydrogen (secondary N) is 2. The monoisotopic (exact) mass is 569 g/mol. The molecule has 0 fully saturated rings. The van der Waals surface area contributed by atoms with Crippen LogP contribution in [0.15, 0.2) is 0 Å². The van der Waals surface area contributed by atoms with Crippen molar-refractivity contribution in [1.29, 1.82) is 5.41 Å². The zero-order valence-electron chi connectivity index (χ0n) is 22.9. The van der Waals surface area contributed by atoms with Crippen LogP contribution in [0.25, 0.3) is 0 Å². The summed E-state index contributed by atoms with van der Waals surface area (Å²) in [6, 6.07) is -1.06. The van der Waals surface area contributed by atoms with Gasteiger partial charge in [-0.3, -0.25) is 19.5 Å². The highest BCUT2D eigenvalue weighted by atomic mass is 31.2. The van der Waals surface area contributed by atoms with Crippen LogP contribution >= 0.6 is 7.75 Å². The van der Waals surface area contributed by atoms with Crippen LogP contribution in [-0.4, -0.2) is 87.0 Å². The van der Waals surface area contributed by atoms with Gasteiger partial charge in [-0.1, -0.05) is 26.7 Å². The van der Waals surface area contributed by atoms with E-state index in [0.29, 0.717) is 38.9 Å². The van der Waals surface area contributed by atoms with Crippen molar-refractivity contribution in [2.75, 3.05) is 46.7 Å². The third-order valence-electron chi connectivity index (χ3n) is 5.01. The Labute approximate surface area is 224 Å². The second-order valence-corrected chi connectivity index (χ2v) is 10.00. The quantitative estimate of drug-likeness (QED) is 0.0577. The molecule has 222 valence electrons. The van der Waals surface area contributed by atoms with Gasteiger partial charge in [-0.15, -0.1) is 0 Å². The fourth-order valence-electron chi connectivity index (χ4n) is 2.44. The summed E-state index contributed by atoms with van der Waals surface area (Å²) in [5.41, 5.74) is 0. The predicted molar refractivity (Wildman–Crippen MR) is 138 cm³/mol.